The molecule has 0 amide bonds. The summed E-state index contributed by atoms with van der Waals surface area (Å²) in [5.41, 5.74) is 2.66. The Labute approximate surface area is 184 Å². The lowest BCUT2D eigenvalue weighted by molar-refractivity contribution is 0.387. The van der Waals surface area contributed by atoms with Crippen LogP contribution in [0.25, 0.3) is 5.70 Å². The lowest BCUT2D eigenvalue weighted by Gasteiger charge is -2.33. The van der Waals surface area contributed by atoms with Crippen LogP contribution in [0.5, 0.6) is 5.75 Å². The third kappa shape index (κ3) is 4.55. The molecule has 0 saturated carbocycles. The number of hydrogen-bond acceptors (Lipinski definition) is 4. The second-order valence-corrected chi connectivity index (χ2v) is 7.54. The van der Waals surface area contributed by atoms with Crippen LogP contribution in [0.4, 0.5) is 0 Å². The largest absolute Gasteiger partial charge is 0.501 e. The van der Waals surface area contributed by atoms with E-state index >= 15 is 0 Å². The molecule has 0 spiro atoms. The van der Waals surface area contributed by atoms with Crippen LogP contribution < -0.4 is 10.9 Å². The maximum Gasteiger partial charge on any atom is 0.315 e. The van der Waals surface area contributed by atoms with Gasteiger partial charge >= 0.3 is 5.56 Å². The molecular formula is C26H31N3O2. The van der Waals surface area contributed by atoms with E-state index in [1.54, 1.807) is 0 Å². The van der Waals surface area contributed by atoms with Gasteiger partial charge in [0, 0.05) is 24.9 Å². The molecule has 2 aromatic carbocycles. The molecule has 0 bridgehead atoms. The van der Waals surface area contributed by atoms with Gasteiger partial charge in [-0.1, -0.05) is 81.1 Å². The van der Waals surface area contributed by atoms with E-state index in [4.69, 9.17) is 0 Å². The second kappa shape index (κ2) is 10.1. The fourth-order valence-electron chi connectivity index (χ4n) is 4.29. The van der Waals surface area contributed by atoms with Gasteiger partial charge in [-0.05, 0) is 24.5 Å². The Balaban J connectivity index is 2.32. The van der Waals surface area contributed by atoms with Crippen LogP contribution in [-0.4, -0.2) is 21.2 Å². The number of nitrogens with one attached hydrogen (secondary N) is 1. The molecular weight excluding hydrogens is 386 g/mol. The maximum absolute atomic E-state index is 12.5. The molecule has 5 heteroatoms. The van der Waals surface area contributed by atoms with E-state index in [1.807, 2.05) is 54.8 Å². The Morgan fingerprint density at radius 2 is 1.58 bits per heavy atom. The number of rotatable bonds is 9. The first-order valence-electron chi connectivity index (χ1n) is 10.9. The van der Waals surface area contributed by atoms with E-state index in [0.29, 0.717) is 30.2 Å². The third-order valence-corrected chi connectivity index (χ3v) is 5.62. The number of aromatic hydroxyl groups is 1. The lowest BCUT2D eigenvalue weighted by Crippen LogP contribution is -2.30. The van der Waals surface area contributed by atoms with Crippen LogP contribution in [0.15, 0.2) is 72.0 Å². The average molecular weight is 418 g/mol. The molecule has 0 aliphatic carbocycles. The molecule has 0 unspecified atom stereocenters. The summed E-state index contributed by atoms with van der Waals surface area (Å²) >= 11 is 0. The van der Waals surface area contributed by atoms with E-state index in [1.165, 1.54) is 11.1 Å². The number of nitrogens with zero attached hydrogens (tertiary/aromatic N) is 2. The smallest absolute Gasteiger partial charge is 0.315 e. The highest BCUT2D eigenvalue weighted by atomic mass is 16.3. The molecule has 3 aromatic rings. The van der Waals surface area contributed by atoms with Gasteiger partial charge < -0.3 is 15.0 Å². The van der Waals surface area contributed by atoms with Gasteiger partial charge in [0.1, 0.15) is 11.5 Å². The van der Waals surface area contributed by atoms with Crippen molar-refractivity contribution in [3.05, 3.63) is 100 Å². The summed E-state index contributed by atoms with van der Waals surface area (Å²) in [4.78, 5) is 16.7. The van der Waals surface area contributed by atoms with Gasteiger partial charge in [0.25, 0.3) is 0 Å². The Kier molecular flexibility index (Phi) is 7.29. The molecule has 1 aromatic heterocycles. The minimum absolute atomic E-state index is 0.00887. The van der Waals surface area contributed by atoms with Gasteiger partial charge in [0.2, 0.25) is 5.75 Å². The second-order valence-electron chi connectivity index (χ2n) is 7.54. The summed E-state index contributed by atoms with van der Waals surface area (Å²) in [6.07, 6.45) is 1.34. The van der Waals surface area contributed by atoms with Crippen molar-refractivity contribution in [2.24, 2.45) is 0 Å². The normalized spacial score (nSPS) is 12.0. The van der Waals surface area contributed by atoms with Crippen molar-refractivity contribution in [3.63, 3.8) is 0 Å². The predicted octanol–water partition coefficient (Wildman–Crippen LogP) is 4.87. The molecule has 0 fully saturated rings. The predicted molar refractivity (Wildman–Crippen MR) is 126 cm³/mol. The minimum atomic E-state index is -0.618. The van der Waals surface area contributed by atoms with Gasteiger partial charge in [-0.2, -0.15) is 4.98 Å². The van der Waals surface area contributed by atoms with E-state index in [9.17, 15) is 9.90 Å². The first-order valence-corrected chi connectivity index (χ1v) is 10.9. The Morgan fingerprint density at radius 1 is 1.03 bits per heavy atom. The molecule has 0 saturated heterocycles. The van der Waals surface area contributed by atoms with Gasteiger partial charge in [0.15, 0.2) is 0 Å². The van der Waals surface area contributed by atoms with Crippen molar-refractivity contribution in [1.29, 1.82) is 0 Å². The quantitative estimate of drug-likeness (QED) is 0.521. The number of benzene rings is 2. The van der Waals surface area contributed by atoms with Crippen molar-refractivity contribution >= 4 is 5.70 Å². The first kappa shape index (κ1) is 22.3. The van der Waals surface area contributed by atoms with Crippen molar-refractivity contribution in [2.75, 3.05) is 6.54 Å². The number of aromatic nitrogens is 2. The summed E-state index contributed by atoms with van der Waals surface area (Å²) in [7, 11) is 0. The zero-order chi connectivity index (χ0) is 22.4. The van der Waals surface area contributed by atoms with Gasteiger partial charge in [-0.15, -0.1) is 0 Å². The average Bonchev–Trinajstić information content (AvgIpc) is 2.80. The fourth-order valence-corrected chi connectivity index (χ4v) is 4.29. The summed E-state index contributed by atoms with van der Waals surface area (Å²) in [6, 6.07) is 20.6. The van der Waals surface area contributed by atoms with Crippen LogP contribution in [0.1, 0.15) is 61.8 Å². The zero-order valence-electron chi connectivity index (χ0n) is 18.5. The standard InChI is InChI=1S/C26H31N3O2/c1-5-21(23(19-14-10-8-11-15-19)20-16-12-9-13-17-20)29-22(6-2)28-26(31)25(30)24(29)18(4)27-7-3/h8-17,21,23,27,30H,4-7H2,1-3H3/t21-/m1/s1. The lowest BCUT2D eigenvalue weighted by atomic mass is 9.83. The highest BCUT2D eigenvalue weighted by Crippen LogP contribution is 2.40. The van der Waals surface area contributed by atoms with Gasteiger partial charge in [-0.3, -0.25) is 4.79 Å². The van der Waals surface area contributed by atoms with E-state index in [2.05, 4.69) is 48.1 Å². The topological polar surface area (TPSA) is 67.2 Å². The molecule has 0 radical (unpaired) electrons. The van der Waals surface area contributed by atoms with Crippen LogP contribution in [-0.2, 0) is 6.42 Å². The fraction of sp³-hybridized carbons (Fsp3) is 0.308. The Bertz CT molecular complexity index is 1040. The zero-order valence-corrected chi connectivity index (χ0v) is 18.5. The molecule has 0 aliphatic heterocycles. The maximum atomic E-state index is 12.5. The Hall–Kier alpha value is -3.34. The van der Waals surface area contributed by atoms with Crippen LogP contribution >= 0.6 is 0 Å². The van der Waals surface area contributed by atoms with Gasteiger partial charge in [0.05, 0.1) is 5.70 Å². The van der Waals surface area contributed by atoms with Crippen molar-refractivity contribution in [3.8, 4) is 5.75 Å². The SMILES string of the molecule is C=C(NCC)c1c(O)c(=O)nc(CC)n1[C@H](CC)C(c1ccccc1)c1ccccc1. The van der Waals surface area contributed by atoms with Crippen LogP contribution in [0.2, 0.25) is 0 Å². The van der Waals surface area contributed by atoms with E-state index < -0.39 is 5.56 Å². The van der Waals surface area contributed by atoms with E-state index in [-0.39, 0.29) is 17.7 Å². The summed E-state index contributed by atoms with van der Waals surface area (Å²) in [5.74, 6) is 0.289. The molecule has 3 rings (SSSR count). The molecule has 2 N–H and O–H groups in total. The van der Waals surface area contributed by atoms with Crippen molar-refractivity contribution < 1.29 is 5.11 Å². The summed E-state index contributed by atoms with van der Waals surface area (Å²) in [5, 5.41) is 13.9. The molecule has 31 heavy (non-hydrogen) atoms. The van der Waals surface area contributed by atoms with Gasteiger partial charge in [-0.25, -0.2) is 0 Å². The van der Waals surface area contributed by atoms with Crippen LogP contribution in [0, 0.1) is 0 Å². The Morgan fingerprint density at radius 3 is 2.03 bits per heavy atom. The highest BCUT2D eigenvalue weighted by Gasteiger charge is 2.30. The monoisotopic (exact) mass is 417 g/mol. The van der Waals surface area contributed by atoms with Crippen molar-refractivity contribution in [1.82, 2.24) is 14.9 Å². The number of hydrogen-bond donors (Lipinski definition) is 2. The molecule has 5 nitrogen and oxygen atoms in total. The molecule has 0 aliphatic rings. The summed E-state index contributed by atoms with van der Waals surface area (Å²) < 4.78 is 2.02. The molecule has 1 atom stereocenters. The minimum Gasteiger partial charge on any atom is -0.501 e. The first-order chi connectivity index (χ1) is 15.0. The highest BCUT2D eigenvalue weighted by molar-refractivity contribution is 5.64. The number of aryl methyl sites for hydroxylation is 1. The van der Waals surface area contributed by atoms with E-state index in [0.717, 1.165) is 6.42 Å². The van der Waals surface area contributed by atoms with Crippen molar-refractivity contribution in [2.45, 2.75) is 45.6 Å². The summed E-state index contributed by atoms with van der Waals surface area (Å²) in [6.45, 7) is 10.8. The van der Waals surface area contributed by atoms with Crippen LogP contribution in [0.3, 0.4) is 0 Å². The third-order valence-electron chi connectivity index (χ3n) is 5.62. The molecule has 162 valence electrons. The molecule has 1 heterocycles.